The summed E-state index contributed by atoms with van der Waals surface area (Å²) in [7, 11) is 0. The number of carbonyl (C=O) groups is 1. The highest BCUT2D eigenvalue weighted by Gasteiger charge is 2.14. The lowest BCUT2D eigenvalue weighted by Gasteiger charge is -2.06. The number of aromatic nitrogens is 3. The van der Waals surface area contributed by atoms with E-state index in [0.29, 0.717) is 23.4 Å². The zero-order valence-corrected chi connectivity index (χ0v) is 13.6. The summed E-state index contributed by atoms with van der Waals surface area (Å²) in [5, 5.41) is 3.26. The molecule has 1 amide bonds. The summed E-state index contributed by atoms with van der Waals surface area (Å²) < 4.78 is 6.87. The van der Waals surface area contributed by atoms with E-state index < -0.39 is 0 Å². The van der Waals surface area contributed by atoms with E-state index in [2.05, 4.69) is 15.3 Å². The summed E-state index contributed by atoms with van der Waals surface area (Å²) in [5.74, 6) is 0.535. The Balaban J connectivity index is 1.65. The molecule has 0 fully saturated rings. The first-order valence-corrected chi connectivity index (χ1v) is 7.68. The van der Waals surface area contributed by atoms with E-state index in [1.165, 1.54) is 10.9 Å². The fourth-order valence-electron chi connectivity index (χ4n) is 2.43. The first kappa shape index (κ1) is 15.9. The molecule has 0 bridgehead atoms. The first-order chi connectivity index (χ1) is 11.6. The molecule has 124 valence electrons. The molecule has 0 aliphatic carbocycles. The number of amides is 1. The van der Waals surface area contributed by atoms with Crippen molar-refractivity contribution in [3.8, 4) is 0 Å². The minimum Gasteiger partial charge on any atom is -0.443 e. The van der Waals surface area contributed by atoms with Gasteiger partial charge in [-0.2, -0.15) is 0 Å². The minimum atomic E-state index is -0.188. The Morgan fingerprint density at radius 1 is 1.29 bits per heavy atom. The molecule has 24 heavy (non-hydrogen) atoms. The van der Waals surface area contributed by atoms with Crippen molar-refractivity contribution in [3.05, 3.63) is 58.1 Å². The monoisotopic (exact) mass is 326 g/mol. The molecule has 7 nitrogen and oxygen atoms in total. The Morgan fingerprint density at radius 2 is 2.12 bits per heavy atom. The summed E-state index contributed by atoms with van der Waals surface area (Å²) in [6, 6.07) is 5.53. The lowest BCUT2D eigenvalue weighted by molar-refractivity contribution is -0.121. The number of pyridine rings is 1. The second kappa shape index (κ2) is 6.66. The number of nitrogens with zero attached hydrogens (tertiary/aromatic N) is 3. The maximum absolute atomic E-state index is 12.5. The van der Waals surface area contributed by atoms with Crippen LogP contribution < -0.4 is 10.9 Å². The smallest absolute Gasteiger partial charge is 0.264 e. The van der Waals surface area contributed by atoms with Crippen molar-refractivity contribution in [2.45, 2.75) is 33.4 Å². The fourth-order valence-corrected chi connectivity index (χ4v) is 2.43. The topological polar surface area (TPSA) is 90.0 Å². The Morgan fingerprint density at radius 3 is 2.88 bits per heavy atom. The van der Waals surface area contributed by atoms with Gasteiger partial charge in [0.1, 0.15) is 17.5 Å². The van der Waals surface area contributed by atoms with Crippen LogP contribution in [0.5, 0.6) is 0 Å². The van der Waals surface area contributed by atoms with Crippen LogP contribution in [-0.2, 0) is 17.9 Å². The first-order valence-electron chi connectivity index (χ1n) is 7.68. The maximum Gasteiger partial charge on any atom is 0.264 e. The third-order valence-corrected chi connectivity index (χ3v) is 3.93. The van der Waals surface area contributed by atoms with Gasteiger partial charge in [-0.25, -0.2) is 4.98 Å². The number of carbonyl (C=O) groups excluding carboxylic acids is 1. The normalized spacial score (nSPS) is 10.9. The van der Waals surface area contributed by atoms with Crippen LogP contribution in [0.1, 0.15) is 23.4 Å². The molecule has 0 aliphatic heterocycles. The average molecular weight is 326 g/mol. The number of fused-ring (bicyclic) bond motifs is 1. The summed E-state index contributed by atoms with van der Waals surface area (Å²) in [6.45, 7) is 4.26. The van der Waals surface area contributed by atoms with E-state index >= 15 is 0 Å². The maximum atomic E-state index is 12.5. The van der Waals surface area contributed by atoms with Crippen molar-refractivity contribution in [3.63, 3.8) is 0 Å². The predicted molar refractivity (Wildman–Crippen MR) is 88.4 cm³/mol. The van der Waals surface area contributed by atoms with Gasteiger partial charge in [0, 0.05) is 24.7 Å². The van der Waals surface area contributed by atoms with Crippen molar-refractivity contribution in [1.29, 1.82) is 0 Å². The molecule has 1 N–H and O–H groups in total. The number of hydrogen-bond acceptors (Lipinski definition) is 5. The van der Waals surface area contributed by atoms with E-state index in [1.807, 2.05) is 25.1 Å². The summed E-state index contributed by atoms with van der Waals surface area (Å²) in [5.41, 5.74) is 1.73. The standard InChI is InChI=1S/C17H18N4O3/c1-11-12(2)24-16-15(11)17(23)21(10-20-16)8-6-14(22)19-9-13-5-3-4-7-18-13/h3-5,7,10H,6,8-9H2,1-2H3,(H,19,22). The predicted octanol–water partition coefficient (Wildman–Crippen LogP) is 1.71. The second-order valence-electron chi connectivity index (χ2n) is 5.55. The molecule has 0 spiro atoms. The molecule has 0 saturated heterocycles. The van der Waals surface area contributed by atoms with Crippen LogP contribution in [0.25, 0.3) is 11.1 Å². The van der Waals surface area contributed by atoms with Gasteiger partial charge in [-0.3, -0.25) is 19.1 Å². The van der Waals surface area contributed by atoms with Gasteiger partial charge in [0.25, 0.3) is 5.56 Å². The van der Waals surface area contributed by atoms with Crippen molar-refractivity contribution < 1.29 is 9.21 Å². The Kier molecular flexibility index (Phi) is 4.41. The van der Waals surface area contributed by atoms with E-state index in [4.69, 9.17) is 4.42 Å². The third-order valence-electron chi connectivity index (χ3n) is 3.93. The van der Waals surface area contributed by atoms with E-state index in [1.54, 1.807) is 13.1 Å². The second-order valence-corrected chi connectivity index (χ2v) is 5.55. The Hall–Kier alpha value is -2.96. The molecular formula is C17H18N4O3. The van der Waals surface area contributed by atoms with Crippen LogP contribution in [0.3, 0.4) is 0 Å². The molecule has 3 heterocycles. The van der Waals surface area contributed by atoms with Crippen molar-refractivity contribution >= 4 is 17.0 Å². The number of aryl methyl sites for hydroxylation is 3. The zero-order chi connectivity index (χ0) is 17.1. The lowest BCUT2D eigenvalue weighted by Crippen LogP contribution is -2.27. The molecule has 7 heteroatoms. The Bertz CT molecular complexity index is 928. The molecule has 0 radical (unpaired) electrons. The number of furan rings is 1. The van der Waals surface area contributed by atoms with Crippen LogP contribution in [0, 0.1) is 13.8 Å². The van der Waals surface area contributed by atoms with Gasteiger partial charge < -0.3 is 9.73 Å². The highest BCUT2D eigenvalue weighted by molar-refractivity contribution is 5.77. The van der Waals surface area contributed by atoms with Crippen molar-refractivity contribution in [1.82, 2.24) is 19.9 Å². The van der Waals surface area contributed by atoms with Gasteiger partial charge in [-0.15, -0.1) is 0 Å². The largest absolute Gasteiger partial charge is 0.443 e. The SMILES string of the molecule is Cc1oc2ncn(CCC(=O)NCc3ccccn3)c(=O)c2c1C. The molecule has 3 aromatic heterocycles. The van der Waals surface area contributed by atoms with E-state index in [9.17, 15) is 9.59 Å². The third kappa shape index (κ3) is 3.19. The molecule has 3 rings (SSSR count). The van der Waals surface area contributed by atoms with Crippen molar-refractivity contribution in [2.75, 3.05) is 0 Å². The van der Waals surface area contributed by atoms with Gasteiger partial charge in [0.2, 0.25) is 11.6 Å². The molecule has 0 unspecified atom stereocenters. The lowest BCUT2D eigenvalue weighted by atomic mass is 10.2. The van der Waals surface area contributed by atoms with Gasteiger partial charge in [0.15, 0.2) is 0 Å². The minimum absolute atomic E-state index is 0.146. The van der Waals surface area contributed by atoms with Gasteiger partial charge in [-0.05, 0) is 26.0 Å². The number of hydrogen-bond donors (Lipinski definition) is 1. The van der Waals surface area contributed by atoms with Gasteiger partial charge in [-0.1, -0.05) is 6.07 Å². The van der Waals surface area contributed by atoms with Crippen LogP contribution >= 0.6 is 0 Å². The molecule has 0 saturated carbocycles. The summed E-state index contributed by atoms with van der Waals surface area (Å²) in [6.07, 6.45) is 3.28. The van der Waals surface area contributed by atoms with Crippen molar-refractivity contribution in [2.24, 2.45) is 0 Å². The summed E-state index contributed by atoms with van der Waals surface area (Å²) >= 11 is 0. The highest BCUT2D eigenvalue weighted by Crippen LogP contribution is 2.18. The molecule has 3 aromatic rings. The molecule has 0 aromatic carbocycles. The molecule has 0 aliphatic rings. The zero-order valence-electron chi connectivity index (χ0n) is 13.6. The van der Waals surface area contributed by atoms with Crippen LogP contribution in [0.4, 0.5) is 0 Å². The van der Waals surface area contributed by atoms with Gasteiger partial charge >= 0.3 is 0 Å². The molecular weight excluding hydrogens is 308 g/mol. The quantitative estimate of drug-likeness (QED) is 0.771. The van der Waals surface area contributed by atoms with Crippen LogP contribution in [0.2, 0.25) is 0 Å². The van der Waals surface area contributed by atoms with E-state index in [0.717, 1.165) is 11.3 Å². The number of rotatable bonds is 5. The average Bonchev–Trinajstić information content (AvgIpc) is 2.88. The Labute approximate surface area is 138 Å². The van der Waals surface area contributed by atoms with Gasteiger partial charge in [0.05, 0.1) is 12.2 Å². The van der Waals surface area contributed by atoms with Crippen LogP contribution in [-0.4, -0.2) is 20.4 Å². The summed E-state index contributed by atoms with van der Waals surface area (Å²) in [4.78, 5) is 32.7. The fraction of sp³-hybridized carbons (Fsp3) is 0.294. The molecule has 0 atom stereocenters. The van der Waals surface area contributed by atoms with Crippen LogP contribution in [0.15, 0.2) is 39.9 Å². The highest BCUT2D eigenvalue weighted by atomic mass is 16.3. The van der Waals surface area contributed by atoms with E-state index in [-0.39, 0.29) is 24.4 Å². The number of nitrogens with one attached hydrogen (secondary N) is 1.